The number of nitrogens with zero attached hydrogens (tertiary/aromatic N) is 3. The maximum absolute atomic E-state index is 11.2. The van der Waals surface area contributed by atoms with Crippen molar-refractivity contribution in [1.82, 2.24) is 5.06 Å². The fourth-order valence-corrected chi connectivity index (χ4v) is 3.51. The molecule has 4 nitrogen and oxygen atoms in total. The molecule has 2 aliphatic heterocycles. The van der Waals surface area contributed by atoms with Gasteiger partial charge in [0.2, 0.25) is 0 Å². The second-order valence-corrected chi connectivity index (χ2v) is 6.67. The molecule has 2 aliphatic rings. The molecule has 0 spiro atoms. The van der Waals surface area contributed by atoms with Gasteiger partial charge in [-0.2, -0.15) is 0 Å². The minimum Gasteiger partial charge on any atom is -0.282 e. The van der Waals surface area contributed by atoms with Gasteiger partial charge >= 0.3 is 0 Å². The van der Waals surface area contributed by atoms with Crippen molar-refractivity contribution in [2.24, 2.45) is 9.98 Å². The van der Waals surface area contributed by atoms with Crippen LogP contribution in [0.4, 0.5) is 11.4 Å². The van der Waals surface area contributed by atoms with Gasteiger partial charge in [-0.3, -0.25) is 10.2 Å². The molecule has 0 atom stereocenters. The summed E-state index contributed by atoms with van der Waals surface area (Å²) >= 11 is 0. The summed E-state index contributed by atoms with van der Waals surface area (Å²) in [4.78, 5) is 9.23. The second kappa shape index (κ2) is 6.04. The summed E-state index contributed by atoms with van der Waals surface area (Å²) in [6.45, 7) is 2.04. The smallest absolute Gasteiger partial charge is 0.165 e. The Balaban J connectivity index is 1.76. The average Bonchev–Trinajstić information content (AvgIpc) is 3.12. The second-order valence-electron chi connectivity index (χ2n) is 6.67. The third-order valence-corrected chi connectivity index (χ3v) is 4.89. The molecule has 0 aromatic heterocycles. The molecule has 1 N–H and O–H groups in total. The minimum absolute atomic E-state index is 0.508. The molecule has 4 heteroatoms. The van der Waals surface area contributed by atoms with Crippen LogP contribution in [-0.4, -0.2) is 22.3 Å². The molecule has 0 bridgehead atoms. The van der Waals surface area contributed by atoms with Crippen LogP contribution in [0.25, 0.3) is 11.3 Å². The van der Waals surface area contributed by atoms with E-state index in [1.165, 1.54) is 5.06 Å². The Morgan fingerprint density at radius 3 is 2.22 bits per heavy atom. The van der Waals surface area contributed by atoms with Gasteiger partial charge in [0, 0.05) is 28.5 Å². The zero-order chi connectivity index (χ0) is 18.4. The summed E-state index contributed by atoms with van der Waals surface area (Å²) in [6, 6.07) is 23.8. The standard InChI is InChI=1S/C23H17N3O/c1-15-10-12-16(13-11-15)23-25-21-9-5-3-7-18(21)22(26(23)27)19-14-24-20-8-4-2-6-17(19)20/h2-14,27H,1H3/b22-19+. The number of amidine groups is 1. The van der Waals surface area contributed by atoms with E-state index in [1.54, 1.807) is 0 Å². The van der Waals surface area contributed by atoms with Gasteiger partial charge in [0.05, 0.1) is 17.1 Å². The van der Waals surface area contributed by atoms with Gasteiger partial charge in [0.15, 0.2) is 5.84 Å². The van der Waals surface area contributed by atoms with E-state index in [9.17, 15) is 5.21 Å². The van der Waals surface area contributed by atoms with Gasteiger partial charge in [-0.15, -0.1) is 0 Å². The summed E-state index contributed by atoms with van der Waals surface area (Å²) in [5, 5.41) is 12.4. The number of hydroxylamine groups is 2. The lowest BCUT2D eigenvalue weighted by Gasteiger charge is -2.29. The van der Waals surface area contributed by atoms with Gasteiger partial charge < -0.3 is 0 Å². The van der Waals surface area contributed by atoms with Crippen LogP contribution in [0.1, 0.15) is 22.3 Å². The highest BCUT2D eigenvalue weighted by molar-refractivity contribution is 6.26. The van der Waals surface area contributed by atoms with E-state index >= 15 is 0 Å². The van der Waals surface area contributed by atoms with Crippen molar-refractivity contribution in [3.05, 3.63) is 95.1 Å². The van der Waals surface area contributed by atoms with Gasteiger partial charge in [0.1, 0.15) is 0 Å². The van der Waals surface area contributed by atoms with Gasteiger partial charge in [0.25, 0.3) is 0 Å². The van der Waals surface area contributed by atoms with E-state index in [-0.39, 0.29) is 0 Å². The van der Waals surface area contributed by atoms with E-state index in [4.69, 9.17) is 4.99 Å². The Kier molecular flexibility index (Phi) is 3.52. The van der Waals surface area contributed by atoms with Crippen LogP contribution >= 0.6 is 0 Å². The molecule has 0 amide bonds. The molecule has 2 heterocycles. The van der Waals surface area contributed by atoms with Crippen LogP contribution < -0.4 is 0 Å². The Morgan fingerprint density at radius 1 is 0.778 bits per heavy atom. The molecular formula is C23H17N3O. The van der Waals surface area contributed by atoms with Crippen LogP contribution in [0.3, 0.4) is 0 Å². The number of para-hydroxylation sites is 2. The van der Waals surface area contributed by atoms with Crippen LogP contribution in [0.2, 0.25) is 0 Å². The lowest BCUT2D eigenvalue weighted by molar-refractivity contribution is 0.0512. The lowest BCUT2D eigenvalue weighted by atomic mass is 9.97. The van der Waals surface area contributed by atoms with E-state index in [0.29, 0.717) is 11.5 Å². The molecule has 27 heavy (non-hydrogen) atoms. The Labute approximate surface area is 157 Å². The molecule has 0 radical (unpaired) electrons. The minimum atomic E-state index is 0.508. The highest BCUT2D eigenvalue weighted by Crippen LogP contribution is 2.42. The highest BCUT2D eigenvalue weighted by atomic mass is 16.5. The van der Waals surface area contributed by atoms with Gasteiger partial charge in [-0.1, -0.05) is 66.2 Å². The zero-order valence-corrected chi connectivity index (χ0v) is 14.8. The zero-order valence-electron chi connectivity index (χ0n) is 14.8. The number of hydrogen-bond donors (Lipinski definition) is 1. The number of fused-ring (bicyclic) bond motifs is 2. The number of rotatable bonds is 1. The van der Waals surface area contributed by atoms with Crippen molar-refractivity contribution in [2.45, 2.75) is 6.92 Å². The maximum Gasteiger partial charge on any atom is 0.165 e. The summed E-state index contributed by atoms with van der Waals surface area (Å²) in [7, 11) is 0. The van der Waals surface area contributed by atoms with E-state index in [2.05, 4.69) is 4.99 Å². The van der Waals surface area contributed by atoms with Crippen molar-refractivity contribution >= 4 is 34.7 Å². The lowest BCUT2D eigenvalue weighted by Crippen LogP contribution is -2.30. The molecule has 3 aromatic rings. The first-order valence-electron chi connectivity index (χ1n) is 8.84. The number of aliphatic imine (C=N–C) groups is 2. The van der Waals surface area contributed by atoms with Crippen LogP contribution in [-0.2, 0) is 0 Å². The van der Waals surface area contributed by atoms with Crippen molar-refractivity contribution in [2.75, 3.05) is 0 Å². The predicted molar refractivity (Wildman–Crippen MR) is 109 cm³/mol. The van der Waals surface area contributed by atoms with Gasteiger partial charge in [-0.25, -0.2) is 10.1 Å². The van der Waals surface area contributed by atoms with Crippen molar-refractivity contribution < 1.29 is 5.21 Å². The van der Waals surface area contributed by atoms with Crippen molar-refractivity contribution in [3.63, 3.8) is 0 Å². The summed E-state index contributed by atoms with van der Waals surface area (Å²) in [5.41, 5.74) is 7.24. The monoisotopic (exact) mass is 351 g/mol. The average molecular weight is 351 g/mol. The first-order chi connectivity index (χ1) is 13.2. The normalized spacial score (nSPS) is 17.6. The van der Waals surface area contributed by atoms with E-state index in [0.717, 1.165) is 39.2 Å². The molecular weight excluding hydrogens is 334 g/mol. The molecule has 0 aliphatic carbocycles. The van der Waals surface area contributed by atoms with Crippen molar-refractivity contribution in [3.8, 4) is 0 Å². The largest absolute Gasteiger partial charge is 0.282 e. The first-order valence-corrected chi connectivity index (χ1v) is 8.84. The topological polar surface area (TPSA) is 48.2 Å². The Morgan fingerprint density at radius 2 is 1.44 bits per heavy atom. The SMILES string of the molecule is Cc1ccc(C2=Nc3ccccc3/C(=C3/C=Nc4ccccc43)N2O)cc1. The first kappa shape index (κ1) is 15.7. The highest BCUT2D eigenvalue weighted by Gasteiger charge is 2.29. The predicted octanol–water partition coefficient (Wildman–Crippen LogP) is 5.36. The Bertz CT molecular complexity index is 1140. The number of allylic oxidation sites excluding steroid dienone is 1. The van der Waals surface area contributed by atoms with Gasteiger partial charge in [-0.05, 0) is 19.1 Å². The molecule has 0 saturated carbocycles. The molecule has 5 rings (SSSR count). The van der Waals surface area contributed by atoms with Crippen LogP contribution in [0.5, 0.6) is 0 Å². The van der Waals surface area contributed by atoms with Crippen LogP contribution in [0.15, 0.2) is 82.8 Å². The summed E-state index contributed by atoms with van der Waals surface area (Å²) in [6.07, 6.45) is 1.82. The fraction of sp³-hybridized carbons (Fsp3) is 0.0435. The van der Waals surface area contributed by atoms with Crippen LogP contribution in [0, 0.1) is 6.92 Å². The molecule has 130 valence electrons. The molecule has 0 saturated heterocycles. The van der Waals surface area contributed by atoms with E-state index < -0.39 is 0 Å². The molecule has 3 aromatic carbocycles. The van der Waals surface area contributed by atoms with Crippen molar-refractivity contribution in [1.29, 1.82) is 0 Å². The molecule has 0 fully saturated rings. The number of aryl methyl sites for hydroxylation is 1. The maximum atomic E-state index is 11.2. The Hall–Kier alpha value is -3.50. The van der Waals surface area contributed by atoms with E-state index in [1.807, 2.05) is 85.9 Å². The summed E-state index contributed by atoms with van der Waals surface area (Å²) in [5.74, 6) is 0.508. The third-order valence-electron chi connectivity index (χ3n) is 4.89. The molecule has 0 unspecified atom stereocenters. The fourth-order valence-electron chi connectivity index (χ4n) is 3.51. The number of benzene rings is 3. The number of hydrogen-bond acceptors (Lipinski definition) is 4. The quantitative estimate of drug-likeness (QED) is 0.641. The summed E-state index contributed by atoms with van der Waals surface area (Å²) < 4.78 is 0. The third kappa shape index (κ3) is 2.50.